The van der Waals surface area contributed by atoms with Crippen LogP contribution in [0.1, 0.15) is 19.3 Å². The average molecular weight is 450 g/mol. The number of halogens is 2. The third kappa shape index (κ3) is 4.21. The lowest BCUT2D eigenvalue weighted by atomic mass is 9.80. The van der Waals surface area contributed by atoms with Crippen molar-refractivity contribution in [2.75, 3.05) is 31.1 Å². The van der Waals surface area contributed by atoms with E-state index in [1.54, 1.807) is 24.7 Å². The van der Waals surface area contributed by atoms with Gasteiger partial charge < -0.3 is 15.3 Å². The molecule has 2 saturated heterocycles. The number of piperidine rings is 1. The quantitative estimate of drug-likeness (QED) is 0.564. The summed E-state index contributed by atoms with van der Waals surface area (Å²) >= 11 is 0. The Hall–Kier alpha value is -2.42. The van der Waals surface area contributed by atoms with E-state index in [-0.39, 0.29) is 30.6 Å². The number of aromatic nitrogens is 5. The summed E-state index contributed by atoms with van der Waals surface area (Å²) in [6, 6.07) is 5.47. The van der Waals surface area contributed by atoms with Gasteiger partial charge in [0, 0.05) is 42.4 Å². The number of rotatable bonds is 3. The van der Waals surface area contributed by atoms with Gasteiger partial charge in [-0.3, -0.25) is 5.10 Å². The Morgan fingerprint density at radius 2 is 1.97 bits per heavy atom. The first kappa shape index (κ1) is 22.3. The fourth-order valence-corrected chi connectivity index (χ4v) is 4.36. The first-order valence-electron chi connectivity index (χ1n) is 9.70. The molecule has 2 aliphatic rings. The molecule has 2 aliphatic heterocycles. The first-order valence-corrected chi connectivity index (χ1v) is 9.70. The van der Waals surface area contributed by atoms with Crippen LogP contribution < -0.4 is 10.2 Å². The molecule has 1 spiro atoms. The molecule has 8 nitrogen and oxygen atoms in total. The highest BCUT2D eigenvalue weighted by atomic mass is 35.5. The molecule has 10 heteroatoms. The van der Waals surface area contributed by atoms with Gasteiger partial charge >= 0.3 is 0 Å². The van der Waals surface area contributed by atoms with Crippen molar-refractivity contribution in [2.45, 2.75) is 19.3 Å². The summed E-state index contributed by atoms with van der Waals surface area (Å²) in [5.74, 6) is 0.816. The predicted octanol–water partition coefficient (Wildman–Crippen LogP) is 3.06. The van der Waals surface area contributed by atoms with Gasteiger partial charge in [0.25, 0.3) is 0 Å². The Balaban J connectivity index is 0.00000128. The van der Waals surface area contributed by atoms with Crippen molar-refractivity contribution < 1.29 is 5.11 Å². The van der Waals surface area contributed by atoms with Crippen molar-refractivity contribution >= 4 is 30.8 Å². The molecule has 1 aromatic carbocycles. The second-order valence-corrected chi connectivity index (χ2v) is 7.81. The zero-order valence-electron chi connectivity index (χ0n) is 16.4. The molecule has 0 bridgehead atoms. The minimum absolute atomic E-state index is 0. The predicted molar refractivity (Wildman–Crippen MR) is 120 cm³/mol. The fraction of sp³-hybridized carbons (Fsp3) is 0.400. The van der Waals surface area contributed by atoms with E-state index in [0.29, 0.717) is 22.6 Å². The van der Waals surface area contributed by atoms with Crippen molar-refractivity contribution in [3.63, 3.8) is 0 Å². The Kier molecular flexibility index (Phi) is 6.80. The normalized spacial score (nSPS) is 20.6. The van der Waals surface area contributed by atoms with Gasteiger partial charge in [-0.2, -0.15) is 5.10 Å². The third-order valence-electron chi connectivity index (χ3n) is 5.94. The van der Waals surface area contributed by atoms with E-state index in [0.717, 1.165) is 37.3 Å². The fourth-order valence-electron chi connectivity index (χ4n) is 4.36. The van der Waals surface area contributed by atoms with Crippen LogP contribution in [-0.2, 0) is 0 Å². The van der Waals surface area contributed by atoms with Crippen molar-refractivity contribution in [1.82, 2.24) is 30.7 Å². The number of nitrogens with zero attached hydrogens (tertiary/aromatic N) is 5. The average Bonchev–Trinajstić information content (AvgIpc) is 3.40. The van der Waals surface area contributed by atoms with E-state index in [4.69, 9.17) is 0 Å². The molecular weight excluding hydrogens is 425 g/mol. The lowest BCUT2D eigenvalue weighted by Gasteiger charge is -2.33. The standard InChI is InChI=1S/C20H23N7O.2ClH/c28-18-8-14(15-9-23-24-10-15)2-3-16(18)17-11-22-19(26-25-17)27-7-5-20(13-27)4-1-6-21-12-20;;/h2-3,8-11,21,28H,1,4-7,12-13H2,(H,23,24);2*1H. The highest BCUT2D eigenvalue weighted by molar-refractivity contribution is 5.85. The van der Waals surface area contributed by atoms with Crippen LogP contribution in [0.3, 0.4) is 0 Å². The summed E-state index contributed by atoms with van der Waals surface area (Å²) in [7, 11) is 0. The maximum absolute atomic E-state index is 10.4. The van der Waals surface area contributed by atoms with Gasteiger partial charge in [-0.15, -0.1) is 35.0 Å². The van der Waals surface area contributed by atoms with E-state index < -0.39 is 0 Å². The molecular formula is C20H25Cl2N7O. The number of aromatic hydroxyl groups is 1. The zero-order valence-corrected chi connectivity index (χ0v) is 18.0. The minimum atomic E-state index is 0. The summed E-state index contributed by atoms with van der Waals surface area (Å²) in [4.78, 5) is 6.76. The van der Waals surface area contributed by atoms with E-state index in [2.05, 4.69) is 35.6 Å². The number of hydrogen-bond donors (Lipinski definition) is 3. The Morgan fingerprint density at radius 1 is 1.07 bits per heavy atom. The van der Waals surface area contributed by atoms with Crippen LogP contribution in [0.5, 0.6) is 5.75 Å². The molecule has 3 N–H and O–H groups in total. The summed E-state index contributed by atoms with van der Waals surface area (Å²) < 4.78 is 0. The molecule has 1 atom stereocenters. The Bertz CT molecular complexity index is 960. The van der Waals surface area contributed by atoms with Crippen molar-refractivity contribution in [2.24, 2.45) is 5.41 Å². The lowest BCUT2D eigenvalue weighted by Crippen LogP contribution is -2.42. The molecule has 2 fully saturated rings. The molecule has 4 heterocycles. The van der Waals surface area contributed by atoms with Gasteiger partial charge in [0.15, 0.2) is 0 Å². The lowest BCUT2D eigenvalue weighted by molar-refractivity contribution is 0.238. The Morgan fingerprint density at radius 3 is 2.63 bits per heavy atom. The smallest absolute Gasteiger partial charge is 0.245 e. The number of nitrogens with one attached hydrogen (secondary N) is 2. The van der Waals surface area contributed by atoms with E-state index in [9.17, 15) is 5.11 Å². The second kappa shape index (κ2) is 9.16. The highest BCUT2D eigenvalue weighted by Gasteiger charge is 2.39. The van der Waals surface area contributed by atoms with E-state index >= 15 is 0 Å². The van der Waals surface area contributed by atoms with Gasteiger partial charge in [0.2, 0.25) is 5.95 Å². The molecule has 30 heavy (non-hydrogen) atoms. The summed E-state index contributed by atoms with van der Waals surface area (Å²) in [5.41, 5.74) is 3.33. The number of hydrogen-bond acceptors (Lipinski definition) is 7. The topological polar surface area (TPSA) is 103 Å². The molecule has 160 valence electrons. The number of benzene rings is 1. The molecule has 2 aromatic heterocycles. The highest BCUT2D eigenvalue weighted by Crippen LogP contribution is 2.38. The number of phenols is 1. The summed E-state index contributed by atoms with van der Waals surface area (Å²) in [6.07, 6.45) is 8.86. The van der Waals surface area contributed by atoms with Crippen molar-refractivity contribution in [3.05, 3.63) is 36.8 Å². The van der Waals surface area contributed by atoms with Gasteiger partial charge in [0.05, 0.1) is 12.4 Å². The summed E-state index contributed by atoms with van der Waals surface area (Å²) in [6.45, 7) is 4.14. The molecule has 0 radical (unpaired) electrons. The van der Waals surface area contributed by atoms with Crippen LogP contribution in [0, 0.1) is 5.41 Å². The molecule has 5 rings (SSSR count). The van der Waals surface area contributed by atoms with Crippen LogP contribution in [0.2, 0.25) is 0 Å². The second-order valence-electron chi connectivity index (χ2n) is 7.81. The Labute approximate surface area is 187 Å². The van der Waals surface area contributed by atoms with Crippen LogP contribution in [0.25, 0.3) is 22.4 Å². The largest absolute Gasteiger partial charge is 0.507 e. The number of phenolic OH excluding ortho intramolecular Hbond substituents is 1. The molecule has 3 aromatic rings. The van der Waals surface area contributed by atoms with Gasteiger partial charge in [0.1, 0.15) is 11.4 Å². The van der Waals surface area contributed by atoms with Crippen LogP contribution in [0.4, 0.5) is 5.95 Å². The zero-order chi connectivity index (χ0) is 19.0. The van der Waals surface area contributed by atoms with Crippen molar-refractivity contribution in [3.8, 4) is 28.1 Å². The maximum Gasteiger partial charge on any atom is 0.245 e. The molecule has 1 unspecified atom stereocenters. The SMILES string of the molecule is Cl.Cl.Oc1cc(-c2cn[nH]c2)ccc1-c1cnc(N2CCC3(CCCNC3)C2)nn1. The molecule has 0 saturated carbocycles. The van der Waals surface area contributed by atoms with E-state index in [1.807, 2.05) is 12.1 Å². The third-order valence-corrected chi connectivity index (χ3v) is 5.94. The number of aromatic amines is 1. The van der Waals surface area contributed by atoms with Crippen LogP contribution >= 0.6 is 24.8 Å². The number of H-pyrrole nitrogens is 1. The van der Waals surface area contributed by atoms with Gasteiger partial charge in [-0.25, -0.2) is 4.98 Å². The first-order chi connectivity index (χ1) is 13.7. The van der Waals surface area contributed by atoms with E-state index in [1.165, 1.54) is 19.3 Å². The maximum atomic E-state index is 10.4. The molecule has 0 aliphatic carbocycles. The number of anilines is 1. The monoisotopic (exact) mass is 449 g/mol. The van der Waals surface area contributed by atoms with Gasteiger partial charge in [-0.1, -0.05) is 6.07 Å². The summed E-state index contributed by atoms with van der Waals surface area (Å²) in [5, 5.41) is 29.4. The van der Waals surface area contributed by atoms with Crippen molar-refractivity contribution in [1.29, 1.82) is 0 Å². The van der Waals surface area contributed by atoms with Gasteiger partial charge in [-0.05, 0) is 43.5 Å². The van der Waals surface area contributed by atoms with Crippen LogP contribution in [0.15, 0.2) is 36.8 Å². The molecule has 0 amide bonds. The minimum Gasteiger partial charge on any atom is -0.507 e. The van der Waals surface area contributed by atoms with Crippen LogP contribution in [-0.4, -0.2) is 56.7 Å².